The predicted octanol–water partition coefficient (Wildman–Crippen LogP) is 4.32. The Morgan fingerprint density at radius 1 is 0.741 bits per heavy atom. The normalized spacial score (nSPS) is 13.6. The first-order valence-electron chi connectivity index (χ1n) is 8.70. The molecule has 0 unspecified atom stereocenters. The van der Waals surface area contributed by atoms with Crippen molar-refractivity contribution >= 4 is 15.7 Å². The van der Waals surface area contributed by atoms with Gasteiger partial charge in [-0.1, -0.05) is 42.5 Å². The third kappa shape index (κ3) is 3.90. The van der Waals surface area contributed by atoms with Crippen LogP contribution >= 0.6 is 0 Å². The molecule has 0 saturated heterocycles. The lowest BCUT2D eigenvalue weighted by molar-refractivity contribution is 0.297. The van der Waals surface area contributed by atoms with Crippen LogP contribution in [0.1, 0.15) is 6.42 Å². The molecule has 1 aliphatic rings. The number of fused-ring (bicyclic) bond motifs is 1. The summed E-state index contributed by atoms with van der Waals surface area (Å²) >= 11 is 0. The van der Waals surface area contributed by atoms with Crippen molar-refractivity contribution in [2.75, 3.05) is 17.9 Å². The smallest absolute Gasteiger partial charge is 0.262 e. The number of ether oxygens (including phenoxy) is 2. The van der Waals surface area contributed by atoms with Crippen molar-refractivity contribution in [2.45, 2.75) is 11.3 Å². The second-order valence-corrected chi connectivity index (χ2v) is 7.89. The molecular weight excluding hydrogens is 362 g/mol. The van der Waals surface area contributed by atoms with Crippen molar-refractivity contribution in [1.29, 1.82) is 0 Å². The molecule has 0 fully saturated rings. The summed E-state index contributed by atoms with van der Waals surface area (Å²) in [6.45, 7) is 1.07. The van der Waals surface area contributed by atoms with Gasteiger partial charge in [-0.05, 0) is 35.4 Å². The van der Waals surface area contributed by atoms with E-state index in [9.17, 15) is 8.42 Å². The van der Waals surface area contributed by atoms with E-state index in [2.05, 4.69) is 4.72 Å². The SMILES string of the molecule is O=S(=O)(Nc1ccc(-c2ccccc2)cc1)c1ccc2c(c1)OCCCO2. The lowest BCUT2D eigenvalue weighted by Crippen LogP contribution is -2.13. The minimum Gasteiger partial charge on any atom is -0.490 e. The third-order valence-electron chi connectivity index (χ3n) is 4.27. The molecule has 3 aromatic rings. The van der Waals surface area contributed by atoms with E-state index in [0.717, 1.165) is 17.5 Å². The maximum Gasteiger partial charge on any atom is 0.262 e. The minimum absolute atomic E-state index is 0.138. The zero-order valence-electron chi connectivity index (χ0n) is 14.6. The first-order valence-corrected chi connectivity index (χ1v) is 10.2. The molecule has 1 heterocycles. The summed E-state index contributed by atoms with van der Waals surface area (Å²) in [4.78, 5) is 0.138. The Bertz CT molecular complexity index is 1030. The predicted molar refractivity (Wildman–Crippen MR) is 105 cm³/mol. The number of hydrogen-bond donors (Lipinski definition) is 1. The van der Waals surface area contributed by atoms with Crippen LogP contribution in [0.15, 0.2) is 77.7 Å². The van der Waals surface area contributed by atoms with E-state index >= 15 is 0 Å². The summed E-state index contributed by atoms with van der Waals surface area (Å²) in [5.74, 6) is 1.02. The van der Waals surface area contributed by atoms with E-state index in [-0.39, 0.29) is 4.90 Å². The van der Waals surface area contributed by atoms with Gasteiger partial charge in [-0.2, -0.15) is 0 Å². The van der Waals surface area contributed by atoms with E-state index in [1.54, 1.807) is 18.2 Å². The van der Waals surface area contributed by atoms with Crippen LogP contribution < -0.4 is 14.2 Å². The van der Waals surface area contributed by atoms with Crippen molar-refractivity contribution in [2.24, 2.45) is 0 Å². The molecule has 0 atom stereocenters. The van der Waals surface area contributed by atoms with Gasteiger partial charge in [-0.15, -0.1) is 0 Å². The fourth-order valence-electron chi connectivity index (χ4n) is 2.89. The Morgan fingerprint density at radius 2 is 1.41 bits per heavy atom. The van der Waals surface area contributed by atoms with E-state index in [4.69, 9.17) is 9.47 Å². The Labute approximate surface area is 158 Å². The quantitative estimate of drug-likeness (QED) is 0.731. The van der Waals surface area contributed by atoms with Gasteiger partial charge in [0.2, 0.25) is 0 Å². The van der Waals surface area contributed by atoms with Crippen molar-refractivity contribution < 1.29 is 17.9 Å². The van der Waals surface area contributed by atoms with E-state index < -0.39 is 10.0 Å². The van der Waals surface area contributed by atoms with Crippen molar-refractivity contribution in [3.8, 4) is 22.6 Å². The molecule has 6 heteroatoms. The Balaban J connectivity index is 1.56. The average Bonchev–Trinajstić information content (AvgIpc) is 2.94. The van der Waals surface area contributed by atoms with E-state index in [1.807, 2.05) is 42.5 Å². The molecule has 0 aliphatic carbocycles. The highest BCUT2D eigenvalue weighted by atomic mass is 32.2. The van der Waals surface area contributed by atoms with Crippen LogP contribution in [0, 0.1) is 0 Å². The highest BCUT2D eigenvalue weighted by molar-refractivity contribution is 7.92. The zero-order chi connectivity index (χ0) is 18.7. The molecular formula is C21H19NO4S. The Morgan fingerprint density at radius 3 is 2.15 bits per heavy atom. The van der Waals surface area contributed by atoms with Crippen LogP contribution in [0.25, 0.3) is 11.1 Å². The average molecular weight is 381 g/mol. The van der Waals surface area contributed by atoms with Crippen LogP contribution in [-0.4, -0.2) is 21.6 Å². The Hall–Kier alpha value is -2.99. The fourth-order valence-corrected chi connectivity index (χ4v) is 3.96. The summed E-state index contributed by atoms with van der Waals surface area (Å²) < 4.78 is 39.2. The molecule has 1 aliphatic heterocycles. The first kappa shape index (κ1) is 17.4. The van der Waals surface area contributed by atoms with Gasteiger partial charge in [-0.25, -0.2) is 8.42 Å². The lowest BCUT2D eigenvalue weighted by atomic mass is 10.1. The maximum absolute atomic E-state index is 12.7. The van der Waals surface area contributed by atoms with Crippen molar-refractivity contribution in [3.05, 3.63) is 72.8 Å². The molecule has 138 valence electrons. The van der Waals surface area contributed by atoms with Gasteiger partial charge in [0.15, 0.2) is 11.5 Å². The number of anilines is 1. The number of sulfonamides is 1. The lowest BCUT2D eigenvalue weighted by Gasteiger charge is -2.12. The molecule has 0 radical (unpaired) electrons. The second-order valence-electron chi connectivity index (χ2n) is 6.21. The van der Waals surface area contributed by atoms with Gasteiger partial charge in [0.25, 0.3) is 10.0 Å². The summed E-state index contributed by atoms with van der Waals surface area (Å²) in [5, 5.41) is 0. The molecule has 0 aromatic heterocycles. The van der Waals surface area contributed by atoms with Gasteiger partial charge in [0.05, 0.1) is 18.1 Å². The number of rotatable bonds is 4. The fraction of sp³-hybridized carbons (Fsp3) is 0.143. The van der Waals surface area contributed by atoms with Crippen LogP contribution in [0.4, 0.5) is 5.69 Å². The molecule has 0 saturated carbocycles. The molecule has 5 nitrogen and oxygen atoms in total. The van der Waals surface area contributed by atoms with E-state index in [0.29, 0.717) is 30.4 Å². The molecule has 3 aromatic carbocycles. The van der Waals surface area contributed by atoms with Crippen LogP contribution in [0.2, 0.25) is 0 Å². The van der Waals surface area contributed by atoms with Crippen LogP contribution in [0.3, 0.4) is 0 Å². The number of nitrogens with one attached hydrogen (secondary N) is 1. The van der Waals surface area contributed by atoms with Gasteiger partial charge in [-0.3, -0.25) is 4.72 Å². The molecule has 0 amide bonds. The number of hydrogen-bond acceptors (Lipinski definition) is 4. The molecule has 4 rings (SSSR count). The van der Waals surface area contributed by atoms with Crippen molar-refractivity contribution in [1.82, 2.24) is 0 Å². The monoisotopic (exact) mass is 381 g/mol. The standard InChI is InChI=1S/C21H19NO4S/c23-27(24,19-11-12-20-21(15-19)26-14-4-13-25-20)22-18-9-7-17(8-10-18)16-5-2-1-3-6-16/h1-3,5-12,15,22H,4,13-14H2. The first-order chi connectivity index (χ1) is 13.1. The highest BCUT2D eigenvalue weighted by Crippen LogP contribution is 2.32. The van der Waals surface area contributed by atoms with Gasteiger partial charge in [0.1, 0.15) is 0 Å². The summed E-state index contributed by atoms with van der Waals surface area (Å²) in [5.41, 5.74) is 2.60. The number of benzene rings is 3. The summed E-state index contributed by atoms with van der Waals surface area (Å²) in [6, 6.07) is 21.9. The molecule has 1 N–H and O–H groups in total. The van der Waals surface area contributed by atoms with Gasteiger partial charge >= 0.3 is 0 Å². The summed E-state index contributed by atoms with van der Waals surface area (Å²) in [6.07, 6.45) is 0.767. The van der Waals surface area contributed by atoms with Gasteiger partial charge < -0.3 is 9.47 Å². The molecule has 0 bridgehead atoms. The van der Waals surface area contributed by atoms with E-state index in [1.165, 1.54) is 12.1 Å². The highest BCUT2D eigenvalue weighted by Gasteiger charge is 2.19. The van der Waals surface area contributed by atoms with Crippen LogP contribution in [-0.2, 0) is 10.0 Å². The van der Waals surface area contributed by atoms with Crippen molar-refractivity contribution in [3.63, 3.8) is 0 Å². The minimum atomic E-state index is -3.72. The topological polar surface area (TPSA) is 64.6 Å². The van der Waals surface area contributed by atoms with Crippen LogP contribution in [0.5, 0.6) is 11.5 Å². The third-order valence-corrected chi connectivity index (χ3v) is 5.65. The Kier molecular flexibility index (Phi) is 4.73. The van der Waals surface area contributed by atoms with Gasteiger partial charge in [0, 0.05) is 18.2 Å². The largest absolute Gasteiger partial charge is 0.490 e. The zero-order valence-corrected chi connectivity index (χ0v) is 15.4. The second kappa shape index (κ2) is 7.32. The molecule has 27 heavy (non-hydrogen) atoms. The summed E-state index contributed by atoms with van der Waals surface area (Å²) in [7, 11) is -3.72. The maximum atomic E-state index is 12.7. The molecule has 0 spiro atoms.